The van der Waals surface area contributed by atoms with Gasteiger partial charge >= 0.3 is 0 Å². The second-order valence-corrected chi connectivity index (χ2v) is 4.48. The molecule has 1 aromatic carbocycles. The number of hydrogen-bond donors (Lipinski definition) is 1. The predicted molar refractivity (Wildman–Crippen MR) is 77.2 cm³/mol. The van der Waals surface area contributed by atoms with Crippen molar-refractivity contribution < 1.29 is 4.74 Å². The van der Waals surface area contributed by atoms with Crippen molar-refractivity contribution in [1.82, 2.24) is 9.97 Å². The van der Waals surface area contributed by atoms with Crippen LogP contribution in [0.2, 0.25) is 5.02 Å². The van der Waals surface area contributed by atoms with Crippen LogP contribution in [-0.2, 0) is 0 Å². The summed E-state index contributed by atoms with van der Waals surface area (Å²) in [5.41, 5.74) is 1.41. The van der Waals surface area contributed by atoms with E-state index in [0.29, 0.717) is 28.8 Å². The van der Waals surface area contributed by atoms with E-state index in [1.54, 1.807) is 12.1 Å². The standard InChI is InChI=1S/C14H13ClN4O/c1-3-17-14-18-8-11(15)13(19-14)20-12-6-10(7-16)5-4-9(12)2/h4-6,8H,3H2,1-2H3,(H,17,18,19). The summed E-state index contributed by atoms with van der Waals surface area (Å²) in [6, 6.07) is 7.27. The van der Waals surface area contributed by atoms with Crippen LogP contribution in [-0.4, -0.2) is 16.5 Å². The summed E-state index contributed by atoms with van der Waals surface area (Å²) in [5, 5.41) is 12.2. The van der Waals surface area contributed by atoms with Crippen LogP contribution in [0.5, 0.6) is 11.6 Å². The molecule has 0 saturated carbocycles. The molecule has 0 radical (unpaired) electrons. The van der Waals surface area contributed by atoms with Crippen molar-refractivity contribution in [2.24, 2.45) is 0 Å². The minimum Gasteiger partial charge on any atom is -0.437 e. The number of halogens is 1. The highest BCUT2D eigenvalue weighted by molar-refractivity contribution is 6.31. The summed E-state index contributed by atoms with van der Waals surface area (Å²) in [4.78, 5) is 8.23. The van der Waals surface area contributed by atoms with E-state index in [1.165, 1.54) is 6.20 Å². The Morgan fingerprint density at radius 2 is 2.25 bits per heavy atom. The number of hydrogen-bond acceptors (Lipinski definition) is 5. The van der Waals surface area contributed by atoms with Gasteiger partial charge in [-0.05, 0) is 31.5 Å². The second kappa shape index (κ2) is 6.22. The van der Waals surface area contributed by atoms with Gasteiger partial charge < -0.3 is 10.1 Å². The smallest absolute Gasteiger partial charge is 0.243 e. The number of nitrogens with one attached hydrogen (secondary N) is 1. The first-order valence-electron chi connectivity index (χ1n) is 6.09. The zero-order chi connectivity index (χ0) is 14.5. The number of anilines is 1. The number of aryl methyl sites for hydroxylation is 1. The third kappa shape index (κ3) is 3.16. The number of rotatable bonds is 4. The molecule has 1 aromatic heterocycles. The van der Waals surface area contributed by atoms with Crippen molar-refractivity contribution >= 4 is 17.5 Å². The van der Waals surface area contributed by atoms with Crippen molar-refractivity contribution in [3.05, 3.63) is 40.5 Å². The van der Waals surface area contributed by atoms with Crippen LogP contribution in [0, 0.1) is 18.3 Å². The Morgan fingerprint density at radius 1 is 1.45 bits per heavy atom. The summed E-state index contributed by atoms with van der Waals surface area (Å²) in [6.45, 7) is 4.53. The van der Waals surface area contributed by atoms with Crippen molar-refractivity contribution in [2.45, 2.75) is 13.8 Å². The van der Waals surface area contributed by atoms with Crippen LogP contribution >= 0.6 is 11.6 Å². The monoisotopic (exact) mass is 288 g/mol. The largest absolute Gasteiger partial charge is 0.437 e. The maximum atomic E-state index is 8.92. The molecule has 0 unspecified atom stereocenters. The van der Waals surface area contributed by atoms with Gasteiger partial charge in [-0.2, -0.15) is 10.2 Å². The van der Waals surface area contributed by atoms with Gasteiger partial charge in [0.25, 0.3) is 0 Å². The fourth-order valence-corrected chi connectivity index (χ4v) is 1.68. The number of benzene rings is 1. The van der Waals surface area contributed by atoms with Gasteiger partial charge in [0.1, 0.15) is 10.8 Å². The molecule has 2 aromatic rings. The van der Waals surface area contributed by atoms with Gasteiger partial charge in [0, 0.05) is 6.54 Å². The fraction of sp³-hybridized carbons (Fsp3) is 0.214. The maximum Gasteiger partial charge on any atom is 0.243 e. The van der Waals surface area contributed by atoms with Gasteiger partial charge in [-0.3, -0.25) is 0 Å². The molecule has 0 bridgehead atoms. The van der Waals surface area contributed by atoms with Gasteiger partial charge in [0.2, 0.25) is 11.8 Å². The maximum absolute atomic E-state index is 8.92. The van der Waals surface area contributed by atoms with Crippen molar-refractivity contribution in [1.29, 1.82) is 5.26 Å². The van der Waals surface area contributed by atoms with E-state index in [9.17, 15) is 0 Å². The molecule has 0 amide bonds. The molecule has 0 aliphatic carbocycles. The molecule has 0 spiro atoms. The van der Waals surface area contributed by atoms with Crippen LogP contribution in [0.4, 0.5) is 5.95 Å². The molecule has 6 heteroatoms. The van der Waals surface area contributed by atoms with Crippen molar-refractivity contribution in [2.75, 3.05) is 11.9 Å². The Kier molecular flexibility index (Phi) is 4.38. The molecular formula is C14H13ClN4O. The average Bonchev–Trinajstić information content (AvgIpc) is 2.45. The zero-order valence-electron chi connectivity index (χ0n) is 11.1. The summed E-state index contributed by atoms with van der Waals surface area (Å²) < 4.78 is 5.70. The lowest BCUT2D eigenvalue weighted by Crippen LogP contribution is -2.03. The Bertz CT molecular complexity index is 667. The van der Waals surface area contributed by atoms with Crippen molar-refractivity contribution in [3.8, 4) is 17.7 Å². The van der Waals surface area contributed by atoms with E-state index in [1.807, 2.05) is 19.9 Å². The molecule has 2 rings (SSSR count). The van der Waals surface area contributed by atoms with Crippen LogP contribution < -0.4 is 10.1 Å². The summed E-state index contributed by atoms with van der Waals surface area (Å²) >= 11 is 6.03. The third-order valence-corrected chi connectivity index (χ3v) is 2.83. The summed E-state index contributed by atoms with van der Waals surface area (Å²) in [6.07, 6.45) is 1.48. The average molecular weight is 289 g/mol. The van der Waals surface area contributed by atoms with E-state index < -0.39 is 0 Å². The molecule has 0 saturated heterocycles. The van der Waals surface area contributed by atoms with Crippen LogP contribution in [0.3, 0.4) is 0 Å². The first kappa shape index (κ1) is 14.1. The number of nitriles is 1. The Balaban J connectivity index is 2.34. The van der Waals surface area contributed by atoms with E-state index in [-0.39, 0.29) is 5.88 Å². The minimum atomic E-state index is 0.260. The topological polar surface area (TPSA) is 70.8 Å². The number of nitrogens with zero attached hydrogens (tertiary/aromatic N) is 3. The molecule has 0 aliphatic rings. The molecule has 0 atom stereocenters. The third-order valence-electron chi connectivity index (χ3n) is 2.57. The molecule has 0 aliphatic heterocycles. The van der Waals surface area contributed by atoms with E-state index >= 15 is 0 Å². The van der Waals surface area contributed by atoms with E-state index in [0.717, 1.165) is 5.56 Å². The molecule has 0 fully saturated rings. The van der Waals surface area contributed by atoms with Crippen LogP contribution in [0.15, 0.2) is 24.4 Å². The van der Waals surface area contributed by atoms with Crippen molar-refractivity contribution in [3.63, 3.8) is 0 Å². The van der Waals surface area contributed by atoms with Gasteiger partial charge in [0.15, 0.2) is 0 Å². The summed E-state index contributed by atoms with van der Waals surface area (Å²) in [5.74, 6) is 1.25. The SMILES string of the molecule is CCNc1ncc(Cl)c(Oc2cc(C#N)ccc2C)n1. The predicted octanol–water partition coefficient (Wildman–Crippen LogP) is 3.53. The molecule has 102 valence electrons. The number of aromatic nitrogens is 2. The van der Waals surface area contributed by atoms with Crippen LogP contribution in [0.25, 0.3) is 0 Å². The lowest BCUT2D eigenvalue weighted by Gasteiger charge is -2.10. The minimum absolute atomic E-state index is 0.260. The molecule has 1 N–H and O–H groups in total. The second-order valence-electron chi connectivity index (χ2n) is 4.07. The number of ether oxygens (including phenoxy) is 1. The zero-order valence-corrected chi connectivity index (χ0v) is 11.9. The first-order valence-corrected chi connectivity index (χ1v) is 6.47. The molecule has 20 heavy (non-hydrogen) atoms. The van der Waals surface area contributed by atoms with Gasteiger partial charge in [-0.25, -0.2) is 4.98 Å². The van der Waals surface area contributed by atoms with E-state index in [4.69, 9.17) is 21.6 Å². The fourth-order valence-electron chi connectivity index (χ4n) is 1.55. The Morgan fingerprint density at radius 3 is 2.95 bits per heavy atom. The van der Waals surface area contributed by atoms with Gasteiger partial charge in [-0.1, -0.05) is 17.7 Å². The van der Waals surface area contributed by atoms with Gasteiger partial charge in [0.05, 0.1) is 17.8 Å². The highest BCUT2D eigenvalue weighted by Gasteiger charge is 2.10. The molecular weight excluding hydrogens is 276 g/mol. The lowest BCUT2D eigenvalue weighted by molar-refractivity contribution is 0.459. The molecule has 1 heterocycles. The highest BCUT2D eigenvalue weighted by atomic mass is 35.5. The molecule has 5 nitrogen and oxygen atoms in total. The normalized spacial score (nSPS) is 9.90. The quantitative estimate of drug-likeness (QED) is 0.932. The van der Waals surface area contributed by atoms with Gasteiger partial charge in [-0.15, -0.1) is 0 Å². The van der Waals surface area contributed by atoms with Crippen LogP contribution in [0.1, 0.15) is 18.1 Å². The Labute approximate surface area is 122 Å². The first-order chi connectivity index (χ1) is 9.63. The highest BCUT2D eigenvalue weighted by Crippen LogP contribution is 2.30. The Hall–Kier alpha value is -2.32. The van der Waals surface area contributed by atoms with E-state index in [2.05, 4.69) is 21.4 Å². The summed E-state index contributed by atoms with van der Waals surface area (Å²) in [7, 11) is 0. The lowest BCUT2D eigenvalue weighted by atomic mass is 10.1.